The molecule has 0 saturated heterocycles. The number of nitrogens with one attached hydrogen (secondary N) is 2. The molecule has 3 aromatic rings. The van der Waals surface area contributed by atoms with Gasteiger partial charge in [-0.3, -0.25) is 13.9 Å². The summed E-state index contributed by atoms with van der Waals surface area (Å²) in [6.07, 6.45) is 2.42. The second-order valence-corrected chi connectivity index (χ2v) is 9.94. The summed E-state index contributed by atoms with van der Waals surface area (Å²) in [4.78, 5) is 24.4. The van der Waals surface area contributed by atoms with E-state index in [2.05, 4.69) is 15.8 Å². The van der Waals surface area contributed by atoms with Gasteiger partial charge in [0.2, 0.25) is 10.0 Å². The number of hydrazone groups is 1. The van der Waals surface area contributed by atoms with Crippen LogP contribution in [0.4, 0.5) is 11.4 Å². The number of hydrogen-bond donors (Lipinski definition) is 2. The molecule has 2 amide bonds. The second-order valence-electron chi connectivity index (χ2n) is 8.04. The quantitative estimate of drug-likeness (QED) is 0.293. The minimum Gasteiger partial charge on any atom is -0.497 e. The number of anilines is 2. The molecule has 0 bridgehead atoms. The number of hydrogen-bond acceptors (Lipinski definition) is 7. The summed E-state index contributed by atoms with van der Waals surface area (Å²) in [6.45, 7) is 1.36. The van der Waals surface area contributed by atoms with Gasteiger partial charge in [-0.15, -0.1) is 0 Å². The van der Waals surface area contributed by atoms with Crippen molar-refractivity contribution >= 4 is 39.4 Å². The molecule has 0 heterocycles. The van der Waals surface area contributed by atoms with Gasteiger partial charge in [0.25, 0.3) is 11.8 Å². The highest BCUT2D eigenvalue weighted by molar-refractivity contribution is 7.92. The summed E-state index contributed by atoms with van der Waals surface area (Å²) < 4.78 is 36.0. The van der Waals surface area contributed by atoms with Crippen molar-refractivity contribution in [2.24, 2.45) is 5.10 Å². The minimum atomic E-state index is -3.73. The van der Waals surface area contributed by atoms with Crippen LogP contribution in [0.25, 0.3) is 0 Å². The van der Waals surface area contributed by atoms with Crippen molar-refractivity contribution in [3.63, 3.8) is 0 Å². The molecule has 0 aliphatic carbocycles. The SMILES string of the molecule is COc1cccc(N(CC(=O)N/N=C\c2ccc(OCC(=O)Nc3ccc(C)cc3)cc2)S(C)(=O)=O)c1. The van der Waals surface area contributed by atoms with Crippen molar-refractivity contribution in [1.29, 1.82) is 0 Å². The number of ether oxygens (including phenoxy) is 2. The Balaban J connectivity index is 1.50. The van der Waals surface area contributed by atoms with Gasteiger partial charge < -0.3 is 14.8 Å². The third kappa shape index (κ3) is 8.65. The molecule has 0 radical (unpaired) electrons. The highest BCUT2D eigenvalue weighted by atomic mass is 32.2. The Bertz CT molecular complexity index is 1360. The zero-order valence-electron chi connectivity index (χ0n) is 20.7. The number of benzene rings is 3. The van der Waals surface area contributed by atoms with Crippen LogP contribution in [0.15, 0.2) is 77.9 Å². The largest absolute Gasteiger partial charge is 0.497 e. The highest BCUT2D eigenvalue weighted by Gasteiger charge is 2.21. The fourth-order valence-electron chi connectivity index (χ4n) is 3.14. The van der Waals surface area contributed by atoms with Gasteiger partial charge in [-0.25, -0.2) is 13.8 Å². The van der Waals surface area contributed by atoms with Crippen molar-refractivity contribution in [3.8, 4) is 11.5 Å². The maximum atomic E-state index is 12.3. The molecule has 0 spiro atoms. The first-order valence-electron chi connectivity index (χ1n) is 11.2. The molecular formula is C26H28N4O6S. The number of aryl methyl sites for hydroxylation is 1. The third-order valence-corrected chi connectivity index (χ3v) is 6.16. The molecule has 0 unspecified atom stereocenters. The second kappa shape index (κ2) is 12.5. The number of carbonyl (C=O) groups is 2. The van der Waals surface area contributed by atoms with Crippen LogP contribution in [0.3, 0.4) is 0 Å². The first-order valence-corrected chi connectivity index (χ1v) is 13.0. The molecule has 2 N–H and O–H groups in total. The van der Waals surface area contributed by atoms with Crippen molar-refractivity contribution < 1.29 is 27.5 Å². The molecule has 0 aliphatic heterocycles. The third-order valence-electron chi connectivity index (χ3n) is 5.02. The Hall–Kier alpha value is -4.38. The molecule has 10 nitrogen and oxygen atoms in total. The molecule has 194 valence electrons. The minimum absolute atomic E-state index is 0.151. The van der Waals surface area contributed by atoms with Crippen LogP contribution in [-0.4, -0.2) is 53.0 Å². The Kier molecular flexibility index (Phi) is 9.22. The lowest BCUT2D eigenvalue weighted by Crippen LogP contribution is -2.39. The number of carbonyl (C=O) groups excluding carboxylic acids is 2. The van der Waals surface area contributed by atoms with E-state index in [1.54, 1.807) is 42.5 Å². The Morgan fingerprint density at radius 2 is 1.68 bits per heavy atom. The first-order chi connectivity index (χ1) is 17.6. The maximum Gasteiger partial charge on any atom is 0.262 e. The summed E-state index contributed by atoms with van der Waals surface area (Å²) in [6, 6.07) is 20.6. The smallest absolute Gasteiger partial charge is 0.262 e. The van der Waals surface area contributed by atoms with E-state index in [1.165, 1.54) is 19.4 Å². The van der Waals surface area contributed by atoms with E-state index in [9.17, 15) is 18.0 Å². The number of methoxy groups -OCH3 is 1. The molecule has 0 atom stereocenters. The number of sulfonamides is 1. The summed E-state index contributed by atoms with van der Waals surface area (Å²) >= 11 is 0. The lowest BCUT2D eigenvalue weighted by Gasteiger charge is -2.21. The number of rotatable bonds is 11. The molecule has 0 saturated carbocycles. The van der Waals surface area contributed by atoms with E-state index in [0.717, 1.165) is 16.1 Å². The maximum absolute atomic E-state index is 12.3. The van der Waals surface area contributed by atoms with Gasteiger partial charge in [-0.05, 0) is 61.0 Å². The molecule has 0 fully saturated rings. The van der Waals surface area contributed by atoms with Crippen LogP contribution >= 0.6 is 0 Å². The van der Waals surface area contributed by atoms with E-state index in [0.29, 0.717) is 28.4 Å². The van der Waals surface area contributed by atoms with Crippen LogP contribution in [-0.2, 0) is 19.6 Å². The first kappa shape index (κ1) is 27.2. The standard InChI is InChI=1S/C26H28N4O6S/c1-19-7-11-21(12-8-19)28-26(32)18-36-23-13-9-20(10-14-23)16-27-29-25(31)17-30(37(3,33)34)22-5-4-6-24(15-22)35-2/h4-16H,17-18H2,1-3H3,(H,28,32)(H,29,31)/b27-16-. The molecule has 11 heteroatoms. The number of amides is 2. The predicted molar refractivity (Wildman–Crippen MR) is 143 cm³/mol. The van der Waals surface area contributed by atoms with Gasteiger partial charge in [0, 0.05) is 11.8 Å². The molecular weight excluding hydrogens is 496 g/mol. The molecule has 0 aliphatic rings. The molecule has 3 aromatic carbocycles. The van der Waals surface area contributed by atoms with E-state index >= 15 is 0 Å². The van der Waals surface area contributed by atoms with Gasteiger partial charge in [-0.2, -0.15) is 5.10 Å². The summed E-state index contributed by atoms with van der Waals surface area (Å²) in [5.74, 6) is 0.0459. The lowest BCUT2D eigenvalue weighted by atomic mass is 10.2. The fourth-order valence-corrected chi connectivity index (χ4v) is 3.99. The molecule has 0 aromatic heterocycles. The topological polar surface area (TPSA) is 126 Å². The monoisotopic (exact) mass is 524 g/mol. The summed E-state index contributed by atoms with van der Waals surface area (Å²) in [5, 5.41) is 6.64. The Labute approximate surface area is 216 Å². The van der Waals surface area contributed by atoms with Gasteiger partial charge >= 0.3 is 0 Å². The van der Waals surface area contributed by atoms with Gasteiger partial charge in [0.05, 0.1) is 25.3 Å². The van der Waals surface area contributed by atoms with Crippen LogP contribution in [0.5, 0.6) is 11.5 Å². The van der Waals surface area contributed by atoms with Crippen molar-refractivity contribution in [2.75, 3.05) is 36.1 Å². The zero-order valence-corrected chi connectivity index (χ0v) is 21.5. The lowest BCUT2D eigenvalue weighted by molar-refractivity contribution is -0.119. The van der Waals surface area contributed by atoms with Crippen molar-refractivity contribution in [3.05, 3.63) is 83.9 Å². The van der Waals surface area contributed by atoms with Crippen LogP contribution < -0.4 is 24.5 Å². The highest BCUT2D eigenvalue weighted by Crippen LogP contribution is 2.22. The van der Waals surface area contributed by atoms with E-state index in [1.807, 2.05) is 31.2 Å². The predicted octanol–water partition coefficient (Wildman–Crippen LogP) is 2.94. The zero-order chi connectivity index (χ0) is 26.8. The van der Waals surface area contributed by atoms with Crippen molar-refractivity contribution in [2.45, 2.75) is 6.92 Å². The van der Waals surface area contributed by atoms with E-state index in [-0.39, 0.29) is 12.5 Å². The normalized spacial score (nSPS) is 11.1. The van der Waals surface area contributed by atoms with Crippen LogP contribution in [0.2, 0.25) is 0 Å². The molecule has 3 rings (SSSR count). The van der Waals surface area contributed by atoms with Gasteiger partial charge in [-0.1, -0.05) is 23.8 Å². The van der Waals surface area contributed by atoms with Crippen LogP contribution in [0.1, 0.15) is 11.1 Å². The van der Waals surface area contributed by atoms with Crippen molar-refractivity contribution in [1.82, 2.24) is 5.43 Å². The summed E-state index contributed by atoms with van der Waals surface area (Å²) in [5.41, 5.74) is 5.06. The van der Waals surface area contributed by atoms with E-state index in [4.69, 9.17) is 9.47 Å². The fraction of sp³-hybridized carbons (Fsp3) is 0.192. The Morgan fingerprint density at radius 3 is 2.32 bits per heavy atom. The average Bonchev–Trinajstić information content (AvgIpc) is 2.87. The van der Waals surface area contributed by atoms with Crippen LogP contribution in [0, 0.1) is 6.92 Å². The number of nitrogens with zero attached hydrogens (tertiary/aromatic N) is 2. The van der Waals surface area contributed by atoms with E-state index < -0.39 is 22.5 Å². The average molecular weight is 525 g/mol. The Morgan fingerprint density at radius 1 is 0.973 bits per heavy atom. The summed E-state index contributed by atoms with van der Waals surface area (Å²) in [7, 11) is -2.26. The van der Waals surface area contributed by atoms with Gasteiger partial charge in [0.1, 0.15) is 18.0 Å². The molecule has 37 heavy (non-hydrogen) atoms. The van der Waals surface area contributed by atoms with Gasteiger partial charge in [0.15, 0.2) is 6.61 Å².